The number of thioether (sulfide) groups is 1. The quantitative estimate of drug-likeness (QED) is 0.387. The highest BCUT2D eigenvalue weighted by Crippen LogP contribution is 2.46. The fourth-order valence-electron chi connectivity index (χ4n) is 1.86. The van der Waals surface area contributed by atoms with Crippen LogP contribution < -0.4 is 16.0 Å². The second-order valence-electron chi connectivity index (χ2n) is 4.79. The van der Waals surface area contributed by atoms with Crippen molar-refractivity contribution in [3.63, 3.8) is 0 Å². The van der Waals surface area contributed by atoms with E-state index < -0.39 is 14.9 Å². The second-order valence-corrected chi connectivity index (χ2v) is 7.80. The standard InChI is InChI=1S/C11H16N4O4S2/c1-20-11(4-5-11)7-13-21(18,19)10-6-8(15(16)17)2-3-9(10)14-12/h2-3,6,13-14H,4-5,7,12H2,1H3. The predicted molar refractivity (Wildman–Crippen MR) is 81.6 cm³/mol. The van der Waals surface area contributed by atoms with Gasteiger partial charge in [-0.25, -0.2) is 13.1 Å². The molecule has 1 aromatic carbocycles. The summed E-state index contributed by atoms with van der Waals surface area (Å²) in [6.07, 6.45) is 3.84. The van der Waals surface area contributed by atoms with E-state index in [0.29, 0.717) is 6.54 Å². The van der Waals surface area contributed by atoms with E-state index in [1.54, 1.807) is 11.8 Å². The van der Waals surface area contributed by atoms with Crippen molar-refractivity contribution in [3.8, 4) is 0 Å². The summed E-state index contributed by atoms with van der Waals surface area (Å²) in [6, 6.07) is 3.46. The number of nitrogens with zero attached hydrogens (tertiary/aromatic N) is 1. The van der Waals surface area contributed by atoms with E-state index in [9.17, 15) is 18.5 Å². The lowest BCUT2D eigenvalue weighted by molar-refractivity contribution is -0.385. The molecule has 0 bridgehead atoms. The Morgan fingerprint density at radius 3 is 2.62 bits per heavy atom. The van der Waals surface area contributed by atoms with Gasteiger partial charge in [-0.1, -0.05) is 0 Å². The number of sulfonamides is 1. The minimum atomic E-state index is -3.87. The van der Waals surface area contributed by atoms with E-state index in [0.717, 1.165) is 18.9 Å². The molecular formula is C11H16N4O4S2. The third-order valence-corrected chi connectivity index (χ3v) is 6.31. The fraction of sp³-hybridized carbons (Fsp3) is 0.455. The number of non-ortho nitro benzene ring substituents is 1. The van der Waals surface area contributed by atoms with Crippen LogP contribution in [0, 0.1) is 10.1 Å². The number of nitro groups is 1. The first kappa shape index (κ1) is 16.0. The molecule has 0 amide bonds. The minimum Gasteiger partial charge on any atom is -0.323 e. The van der Waals surface area contributed by atoms with Crippen molar-refractivity contribution < 1.29 is 13.3 Å². The van der Waals surface area contributed by atoms with Gasteiger partial charge in [0, 0.05) is 23.4 Å². The lowest BCUT2D eigenvalue weighted by atomic mass is 10.3. The lowest BCUT2D eigenvalue weighted by Gasteiger charge is -2.15. The van der Waals surface area contributed by atoms with Crippen LogP contribution >= 0.6 is 11.8 Å². The van der Waals surface area contributed by atoms with Gasteiger partial charge in [0.15, 0.2) is 0 Å². The van der Waals surface area contributed by atoms with Crippen LogP contribution in [0.1, 0.15) is 12.8 Å². The molecule has 1 aliphatic rings. The summed E-state index contributed by atoms with van der Waals surface area (Å²) in [5, 5.41) is 10.8. The highest BCUT2D eigenvalue weighted by atomic mass is 32.2. The number of nitrogens with two attached hydrogens (primary N) is 1. The molecule has 0 radical (unpaired) electrons. The van der Waals surface area contributed by atoms with Gasteiger partial charge in [0.25, 0.3) is 5.69 Å². The van der Waals surface area contributed by atoms with Gasteiger partial charge in [-0.3, -0.25) is 16.0 Å². The number of hydrazine groups is 1. The number of anilines is 1. The zero-order valence-corrected chi connectivity index (χ0v) is 13.0. The molecule has 0 spiro atoms. The van der Waals surface area contributed by atoms with Crippen LogP contribution in [-0.2, 0) is 10.0 Å². The van der Waals surface area contributed by atoms with E-state index >= 15 is 0 Å². The van der Waals surface area contributed by atoms with Crippen LogP contribution in [0.15, 0.2) is 23.1 Å². The molecule has 0 heterocycles. The maximum Gasteiger partial charge on any atom is 0.270 e. The van der Waals surface area contributed by atoms with Gasteiger partial charge in [0.1, 0.15) is 4.90 Å². The molecule has 2 rings (SSSR count). The zero-order chi connectivity index (χ0) is 15.7. The van der Waals surface area contributed by atoms with E-state index in [2.05, 4.69) is 10.1 Å². The maximum absolute atomic E-state index is 12.3. The molecule has 8 nitrogen and oxygen atoms in total. The van der Waals surface area contributed by atoms with Crippen LogP contribution in [0.2, 0.25) is 0 Å². The molecule has 1 saturated carbocycles. The molecule has 4 N–H and O–H groups in total. The third-order valence-electron chi connectivity index (χ3n) is 3.45. The normalized spacial score (nSPS) is 16.5. The summed E-state index contributed by atoms with van der Waals surface area (Å²) in [5.41, 5.74) is 2.06. The van der Waals surface area contributed by atoms with Crippen molar-refractivity contribution in [2.75, 3.05) is 18.2 Å². The molecule has 0 saturated heterocycles. The Morgan fingerprint density at radius 2 is 2.14 bits per heavy atom. The van der Waals surface area contributed by atoms with Crippen molar-refractivity contribution in [2.45, 2.75) is 22.5 Å². The smallest absolute Gasteiger partial charge is 0.270 e. The molecule has 0 unspecified atom stereocenters. The molecule has 1 aromatic rings. The van der Waals surface area contributed by atoms with Gasteiger partial charge < -0.3 is 5.43 Å². The van der Waals surface area contributed by atoms with Crippen molar-refractivity contribution in [3.05, 3.63) is 28.3 Å². The van der Waals surface area contributed by atoms with Crippen molar-refractivity contribution in [2.24, 2.45) is 5.84 Å². The van der Waals surface area contributed by atoms with Crippen LogP contribution in [0.5, 0.6) is 0 Å². The average Bonchev–Trinajstić information content (AvgIpc) is 3.25. The van der Waals surface area contributed by atoms with E-state index in [1.807, 2.05) is 6.26 Å². The number of rotatable bonds is 7. The largest absolute Gasteiger partial charge is 0.323 e. The van der Waals surface area contributed by atoms with Crippen LogP contribution in [0.25, 0.3) is 0 Å². The Bertz CT molecular complexity index is 658. The first-order valence-electron chi connectivity index (χ1n) is 6.13. The molecule has 10 heteroatoms. The summed E-state index contributed by atoms with van der Waals surface area (Å²) < 4.78 is 27.1. The Hall–Kier alpha value is -1.36. The topological polar surface area (TPSA) is 127 Å². The Balaban J connectivity index is 2.29. The summed E-state index contributed by atoms with van der Waals surface area (Å²) in [6.45, 7) is 0.295. The van der Waals surface area contributed by atoms with Crippen LogP contribution in [0.4, 0.5) is 11.4 Å². The van der Waals surface area contributed by atoms with Gasteiger partial charge in [-0.2, -0.15) is 11.8 Å². The summed E-state index contributed by atoms with van der Waals surface area (Å²) in [4.78, 5) is 9.91. The Labute approximate surface area is 126 Å². The molecule has 116 valence electrons. The molecule has 0 aliphatic heterocycles. The second kappa shape index (κ2) is 5.79. The SMILES string of the molecule is CSC1(CNS(=O)(=O)c2cc([N+](=O)[O-])ccc2NN)CC1. The van der Waals surface area contributed by atoms with Crippen molar-refractivity contribution in [1.82, 2.24) is 4.72 Å². The maximum atomic E-state index is 12.3. The average molecular weight is 332 g/mol. The highest BCUT2D eigenvalue weighted by Gasteiger charge is 2.42. The lowest BCUT2D eigenvalue weighted by Crippen LogP contribution is -2.32. The van der Waals surface area contributed by atoms with E-state index in [-0.39, 0.29) is 21.0 Å². The summed E-state index contributed by atoms with van der Waals surface area (Å²) in [7, 11) is -3.87. The minimum absolute atomic E-state index is 0.0515. The Morgan fingerprint density at radius 1 is 1.48 bits per heavy atom. The van der Waals surface area contributed by atoms with Gasteiger partial charge in [0.05, 0.1) is 10.6 Å². The first-order chi connectivity index (χ1) is 9.83. The summed E-state index contributed by atoms with van der Waals surface area (Å²) in [5.74, 6) is 5.28. The number of nitrogen functional groups attached to an aromatic ring is 1. The van der Waals surface area contributed by atoms with Gasteiger partial charge in [-0.05, 0) is 25.2 Å². The molecule has 1 fully saturated rings. The molecule has 1 aliphatic carbocycles. The molecule has 0 aromatic heterocycles. The first-order valence-corrected chi connectivity index (χ1v) is 8.84. The zero-order valence-electron chi connectivity index (χ0n) is 11.3. The molecular weight excluding hydrogens is 316 g/mol. The van der Waals surface area contributed by atoms with E-state index in [1.165, 1.54) is 12.1 Å². The number of benzene rings is 1. The van der Waals surface area contributed by atoms with Gasteiger partial charge in [0.2, 0.25) is 10.0 Å². The van der Waals surface area contributed by atoms with Crippen molar-refractivity contribution >= 4 is 33.2 Å². The highest BCUT2D eigenvalue weighted by molar-refractivity contribution is 8.00. The molecule has 0 atom stereocenters. The predicted octanol–water partition coefficient (Wildman–Crippen LogP) is 1.05. The number of hydrogen-bond acceptors (Lipinski definition) is 7. The third kappa shape index (κ3) is 3.46. The van der Waals surface area contributed by atoms with Crippen LogP contribution in [-0.4, -0.2) is 30.9 Å². The van der Waals surface area contributed by atoms with Crippen LogP contribution in [0.3, 0.4) is 0 Å². The Kier molecular flexibility index (Phi) is 4.42. The summed E-state index contributed by atoms with van der Waals surface area (Å²) >= 11 is 1.62. The fourth-order valence-corrected chi connectivity index (χ4v) is 4.00. The monoisotopic (exact) mass is 332 g/mol. The number of nitrogens with one attached hydrogen (secondary N) is 2. The van der Waals surface area contributed by atoms with Gasteiger partial charge in [-0.15, -0.1) is 0 Å². The van der Waals surface area contributed by atoms with Gasteiger partial charge >= 0.3 is 0 Å². The number of hydrogen-bond donors (Lipinski definition) is 3. The van der Waals surface area contributed by atoms with E-state index in [4.69, 9.17) is 5.84 Å². The van der Waals surface area contributed by atoms with Crippen molar-refractivity contribution in [1.29, 1.82) is 0 Å². The molecule has 21 heavy (non-hydrogen) atoms. The number of nitro benzene ring substituents is 1.